The first-order valence-electron chi connectivity index (χ1n) is 6.22. The molecule has 0 fully saturated rings. The number of halogens is 1. The minimum atomic E-state index is 0.472. The van der Waals surface area contributed by atoms with Crippen LogP contribution in [0.25, 0.3) is 11.0 Å². The van der Waals surface area contributed by atoms with E-state index in [1.165, 1.54) is 0 Å². The largest absolute Gasteiger partial charge is 0.378 e. The number of nitrogens with zero attached hydrogens (tertiary/aromatic N) is 3. The highest BCUT2D eigenvalue weighted by Gasteiger charge is 2.10. The van der Waals surface area contributed by atoms with Crippen LogP contribution in [0.15, 0.2) is 18.2 Å². The maximum absolute atomic E-state index is 6.19. The molecule has 0 atom stereocenters. The molecule has 0 aliphatic carbocycles. The Balaban J connectivity index is 2.02. The highest BCUT2D eigenvalue weighted by Crippen LogP contribution is 2.25. The van der Waals surface area contributed by atoms with Crippen LogP contribution in [-0.2, 0) is 11.3 Å². The number of rotatable bonds is 6. The zero-order valence-electron chi connectivity index (χ0n) is 11.3. The van der Waals surface area contributed by atoms with Crippen molar-refractivity contribution in [1.82, 2.24) is 14.5 Å². The molecule has 0 amide bonds. The molecule has 0 unspecified atom stereocenters. The lowest BCUT2D eigenvalue weighted by atomic mass is 10.3. The van der Waals surface area contributed by atoms with Crippen molar-refractivity contribution >= 4 is 28.6 Å². The fourth-order valence-electron chi connectivity index (χ4n) is 1.89. The molecule has 1 aromatic carbocycles. The Hall–Kier alpha value is -1.30. The van der Waals surface area contributed by atoms with Crippen molar-refractivity contribution in [3.05, 3.63) is 23.2 Å². The summed E-state index contributed by atoms with van der Waals surface area (Å²) in [5.74, 6) is 0.472. The lowest BCUT2D eigenvalue weighted by Crippen LogP contribution is -2.19. The van der Waals surface area contributed by atoms with Crippen molar-refractivity contribution in [2.45, 2.75) is 6.54 Å². The van der Waals surface area contributed by atoms with Crippen molar-refractivity contribution in [2.75, 3.05) is 39.6 Å². The summed E-state index contributed by atoms with van der Waals surface area (Å²) < 4.78 is 7.47. The predicted molar refractivity (Wildman–Crippen MR) is 78.5 cm³/mol. The molecule has 0 saturated heterocycles. The van der Waals surface area contributed by atoms with E-state index in [0.29, 0.717) is 30.7 Å². The minimum absolute atomic E-state index is 0.472. The first-order chi connectivity index (χ1) is 9.09. The quantitative estimate of drug-likeness (QED) is 0.822. The summed E-state index contributed by atoms with van der Waals surface area (Å²) in [7, 11) is 4.04. The van der Waals surface area contributed by atoms with Gasteiger partial charge in [-0.15, -0.1) is 0 Å². The van der Waals surface area contributed by atoms with Gasteiger partial charge in [-0.2, -0.15) is 0 Å². The van der Waals surface area contributed by atoms with Gasteiger partial charge in [0.05, 0.1) is 29.3 Å². The van der Waals surface area contributed by atoms with E-state index in [9.17, 15) is 0 Å². The third kappa shape index (κ3) is 3.37. The molecule has 19 heavy (non-hydrogen) atoms. The number of anilines is 1. The molecule has 5 nitrogen and oxygen atoms in total. The summed E-state index contributed by atoms with van der Waals surface area (Å²) in [5, 5.41) is 0.662. The van der Waals surface area contributed by atoms with Gasteiger partial charge in [-0.3, -0.25) is 0 Å². The second-order valence-corrected chi connectivity index (χ2v) is 5.05. The molecule has 2 N–H and O–H groups in total. The van der Waals surface area contributed by atoms with Crippen LogP contribution in [0, 0.1) is 0 Å². The molecule has 1 aromatic heterocycles. The number of nitrogen functional groups attached to an aromatic ring is 1. The summed E-state index contributed by atoms with van der Waals surface area (Å²) in [4.78, 5) is 6.37. The molecule has 0 radical (unpaired) electrons. The van der Waals surface area contributed by atoms with Gasteiger partial charge in [-0.1, -0.05) is 17.7 Å². The Bertz CT molecular complexity index is 553. The van der Waals surface area contributed by atoms with E-state index < -0.39 is 0 Å². The van der Waals surface area contributed by atoms with Crippen molar-refractivity contribution in [3.8, 4) is 0 Å². The Morgan fingerprint density at radius 2 is 2.16 bits per heavy atom. The van der Waals surface area contributed by atoms with Crippen molar-refractivity contribution < 1.29 is 4.74 Å². The highest BCUT2D eigenvalue weighted by molar-refractivity contribution is 6.35. The average Bonchev–Trinajstić information content (AvgIpc) is 2.66. The lowest BCUT2D eigenvalue weighted by molar-refractivity contribution is 0.112. The number of likely N-dealkylation sites (N-methyl/N-ethyl adjacent to an activating group) is 1. The van der Waals surface area contributed by atoms with Crippen LogP contribution in [-0.4, -0.2) is 48.3 Å². The third-order valence-electron chi connectivity index (χ3n) is 2.89. The maximum atomic E-state index is 6.19. The fraction of sp³-hybridized carbons (Fsp3) is 0.462. The van der Waals surface area contributed by atoms with Crippen molar-refractivity contribution in [3.63, 3.8) is 0 Å². The van der Waals surface area contributed by atoms with Crippen molar-refractivity contribution in [2.24, 2.45) is 0 Å². The number of ether oxygens (including phenoxy) is 1. The Kier molecular flexibility index (Phi) is 4.63. The summed E-state index contributed by atoms with van der Waals surface area (Å²) >= 11 is 6.19. The van der Waals surface area contributed by atoms with E-state index in [1.807, 2.05) is 36.9 Å². The Morgan fingerprint density at radius 3 is 2.89 bits per heavy atom. The zero-order valence-corrected chi connectivity index (χ0v) is 12.0. The molecule has 0 saturated carbocycles. The predicted octanol–water partition coefficient (Wildman–Crippen LogP) is 1.85. The molecule has 2 rings (SSSR count). The molecule has 0 aliphatic heterocycles. The van der Waals surface area contributed by atoms with Gasteiger partial charge in [0.25, 0.3) is 0 Å². The molecule has 6 heteroatoms. The summed E-state index contributed by atoms with van der Waals surface area (Å²) in [6.07, 6.45) is 0. The second-order valence-electron chi connectivity index (χ2n) is 4.64. The van der Waals surface area contributed by atoms with Gasteiger partial charge >= 0.3 is 0 Å². The van der Waals surface area contributed by atoms with Gasteiger partial charge in [0.15, 0.2) is 0 Å². The number of imidazole rings is 1. The van der Waals surface area contributed by atoms with Crippen LogP contribution < -0.4 is 5.73 Å². The van der Waals surface area contributed by atoms with Crippen LogP contribution >= 0.6 is 11.6 Å². The van der Waals surface area contributed by atoms with E-state index in [2.05, 4.69) is 9.88 Å². The molecule has 0 aliphatic rings. The second kappa shape index (κ2) is 6.23. The Morgan fingerprint density at radius 1 is 1.37 bits per heavy atom. The van der Waals surface area contributed by atoms with E-state index >= 15 is 0 Å². The molecule has 0 spiro atoms. The summed E-state index contributed by atoms with van der Waals surface area (Å²) in [6, 6.07) is 5.62. The summed E-state index contributed by atoms with van der Waals surface area (Å²) in [6.45, 7) is 2.85. The monoisotopic (exact) mass is 282 g/mol. The average molecular weight is 283 g/mol. The topological polar surface area (TPSA) is 56.3 Å². The minimum Gasteiger partial charge on any atom is -0.378 e. The zero-order chi connectivity index (χ0) is 13.8. The number of hydrogen-bond donors (Lipinski definition) is 1. The van der Waals surface area contributed by atoms with Crippen molar-refractivity contribution in [1.29, 1.82) is 0 Å². The standard InChI is InChI=1S/C13H19ClN4O/c1-17(2)6-8-19-9-7-18-12-10(14)4-3-5-11(12)16-13(18)15/h3-5H,6-9H2,1-2H3,(H2,15,16). The summed E-state index contributed by atoms with van der Waals surface area (Å²) in [5.41, 5.74) is 7.61. The van der Waals surface area contributed by atoms with Gasteiger partial charge in [-0.25, -0.2) is 4.98 Å². The van der Waals surface area contributed by atoms with Crippen LogP contribution in [0.5, 0.6) is 0 Å². The number of aromatic nitrogens is 2. The molecule has 2 aromatic rings. The molecule has 1 heterocycles. The molecular weight excluding hydrogens is 264 g/mol. The van der Waals surface area contributed by atoms with E-state index in [4.69, 9.17) is 22.1 Å². The smallest absolute Gasteiger partial charge is 0.201 e. The number of benzene rings is 1. The first-order valence-corrected chi connectivity index (χ1v) is 6.60. The van der Waals surface area contributed by atoms with Gasteiger partial charge in [-0.05, 0) is 26.2 Å². The van der Waals surface area contributed by atoms with Crippen LogP contribution in [0.1, 0.15) is 0 Å². The Labute approximate surface area is 117 Å². The lowest BCUT2D eigenvalue weighted by Gasteiger charge is -2.11. The van der Waals surface area contributed by atoms with Crippen LogP contribution in [0.3, 0.4) is 0 Å². The van der Waals surface area contributed by atoms with Crippen LogP contribution in [0.2, 0.25) is 5.02 Å². The maximum Gasteiger partial charge on any atom is 0.201 e. The number of para-hydroxylation sites is 1. The number of fused-ring (bicyclic) bond motifs is 1. The SMILES string of the molecule is CN(C)CCOCCn1c(N)nc2cccc(Cl)c21. The fourth-order valence-corrected chi connectivity index (χ4v) is 2.16. The highest BCUT2D eigenvalue weighted by atomic mass is 35.5. The van der Waals surface area contributed by atoms with E-state index in [0.717, 1.165) is 17.6 Å². The van der Waals surface area contributed by atoms with E-state index in [1.54, 1.807) is 0 Å². The van der Waals surface area contributed by atoms with Gasteiger partial charge in [0.2, 0.25) is 5.95 Å². The van der Waals surface area contributed by atoms with Gasteiger partial charge in [0, 0.05) is 13.1 Å². The molecule has 0 bridgehead atoms. The third-order valence-corrected chi connectivity index (χ3v) is 3.19. The number of hydrogen-bond acceptors (Lipinski definition) is 4. The molecule has 104 valence electrons. The van der Waals surface area contributed by atoms with E-state index in [-0.39, 0.29) is 0 Å². The van der Waals surface area contributed by atoms with Crippen LogP contribution in [0.4, 0.5) is 5.95 Å². The van der Waals surface area contributed by atoms with Gasteiger partial charge in [0.1, 0.15) is 0 Å². The molecular formula is C13H19ClN4O. The first kappa shape index (κ1) is 14.1. The number of nitrogens with two attached hydrogens (primary N) is 1. The van der Waals surface area contributed by atoms with Gasteiger partial charge < -0.3 is 19.9 Å². The normalized spacial score (nSPS) is 11.6.